The summed E-state index contributed by atoms with van der Waals surface area (Å²) in [5.74, 6) is -1.06. The van der Waals surface area contributed by atoms with E-state index in [1.807, 2.05) is 24.3 Å². The van der Waals surface area contributed by atoms with Crippen LogP contribution in [0.1, 0.15) is 36.8 Å². The second-order valence-corrected chi connectivity index (χ2v) is 7.99. The molecule has 5 nitrogen and oxygen atoms in total. The first-order valence-corrected chi connectivity index (χ1v) is 8.80. The van der Waals surface area contributed by atoms with E-state index >= 15 is 0 Å². The van der Waals surface area contributed by atoms with Crippen LogP contribution in [0.25, 0.3) is 0 Å². The van der Waals surface area contributed by atoms with Gasteiger partial charge in [0.2, 0.25) is 10.0 Å². The summed E-state index contributed by atoms with van der Waals surface area (Å²) in [6.45, 7) is 0.173. The minimum atomic E-state index is -3.55. The van der Waals surface area contributed by atoms with Gasteiger partial charge in [-0.1, -0.05) is 37.1 Å². The molecule has 0 bridgehead atoms. The summed E-state index contributed by atoms with van der Waals surface area (Å²) in [7, 11) is -3.55. The van der Waals surface area contributed by atoms with Gasteiger partial charge >= 0.3 is 5.97 Å². The van der Waals surface area contributed by atoms with Crippen LogP contribution in [0, 0.1) is 0 Å². The highest BCUT2D eigenvalue weighted by atomic mass is 32.2. The summed E-state index contributed by atoms with van der Waals surface area (Å²) in [5.41, 5.74) is 1.85. The number of benzene rings is 1. The third-order valence-electron chi connectivity index (χ3n) is 4.54. The molecule has 1 heterocycles. The molecule has 2 aliphatic rings. The Balaban J connectivity index is 1.97. The predicted octanol–water partition coefficient (Wildman–Crippen LogP) is 1.77. The molecule has 0 radical (unpaired) electrons. The first-order valence-electron chi connectivity index (χ1n) is 7.30. The molecule has 114 valence electrons. The van der Waals surface area contributed by atoms with Gasteiger partial charge in [-0.3, -0.25) is 4.79 Å². The van der Waals surface area contributed by atoms with Crippen molar-refractivity contribution in [3.05, 3.63) is 35.4 Å². The maximum Gasteiger partial charge on any atom is 0.322 e. The van der Waals surface area contributed by atoms with E-state index < -0.39 is 27.3 Å². The van der Waals surface area contributed by atoms with Gasteiger partial charge < -0.3 is 5.11 Å². The molecule has 0 unspecified atom stereocenters. The zero-order chi connectivity index (χ0) is 15.0. The van der Waals surface area contributed by atoms with Gasteiger partial charge in [-0.2, -0.15) is 4.31 Å². The smallest absolute Gasteiger partial charge is 0.322 e. The largest absolute Gasteiger partial charge is 0.480 e. The van der Waals surface area contributed by atoms with Crippen LogP contribution in [0.5, 0.6) is 0 Å². The van der Waals surface area contributed by atoms with Crippen molar-refractivity contribution in [2.75, 3.05) is 0 Å². The highest BCUT2D eigenvalue weighted by Crippen LogP contribution is 2.32. The fraction of sp³-hybridized carbons (Fsp3) is 0.533. The number of fused-ring (bicyclic) bond motifs is 1. The van der Waals surface area contributed by atoms with E-state index in [0.29, 0.717) is 12.8 Å². The standard InChI is InChI=1S/C15H19NO4S/c17-15(18)14-9-11-5-1-2-6-12(11)10-16(14)21(19,20)13-7-3-4-8-13/h1-2,5-6,13-14H,3-4,7-10H2,(H,17,18)/t14-/m1/s1. The van der Waals surface area contributed by atoms with Crippen molar-refractivity contribution in [3.63, 3.8) is 0 Å². The minimum absolute atomic E-state index is 0.173. The van der Waals surface area contributed by atoms with Crippen molar-refractivity contribution in [1.29, 1.82) is 0 Å². The highest BCUT2D eigenvalue weighted by Gasteiger charge is 2.43. The van der Waals surface area contributed by atoms with Gasteiger partial charge in [0.05, 0.1) is 5.25 Å². The van der Waals surface area contributed by atoms with Crippen LogP contribution >= 0.6 is 0 Å². The topological polar surface area (TPSA) is 74.7 Å². The molecular weight excluding hydrogens is 290 g/mol. The first kappa shape index (κ1) is 14.5. The van der Waals surface area contributed by atoms with Gasteiger partial charge in [-0.05, 0) is 24.0 Å². The van der Waals surface area contributed by atoms with Crippen molar-refractivity contribution >= 4 is 16.0 Å². The fourth-order valence-electron chi connectivity index (χ4n) is 3.35. The molecule has 3 rings (SSSR count). The predicted molar refractivity (Wildman–Crippen MR) is 78.3 cm³/mol. The fourth-order valence-corrected chi connectivity index (χ4v) is 5.51. The number of hydrogen-bond acceptors (Lipinski definition) is 3. The average molecular weight is 309 g/mol. The lowest BCUT2D eigenvalue weighted by atomic mass is 9.96. The van der Waals surface area contributed by atoms with Crippen LogP contribution in [0.2, 0.25) is 0 Å². The van der Waals surface area contributed by atoms with Gasteiger partial charge in [0.25, 0.3) is 0 Å². The number of carbonyl (C=O) groups is 1. The van der Waals surface area contributed by atoms with Crippen molar-refractivity contribution in [2.45, 2.75) is 49.9 Å². The van der Waals surface area contributed by atoms with Gasteiger partial charge in [-0.25, -0.2) is 8.42 Å². The molecule has 0 saturated heterocycles. The Hall–Kier alpha value is -1.40. The zero-order valence-corrected chi connectivity index (χ0v) is 12.6. The SMILES string of the molecule is O=C(O)[C@H]1Cc2ccccc2CN1S(=O)(=O)C1CCCC1. The van der Waals surface area contributed by atoms with Crippen LogP contribution in [0.3, 0.4) is 0 Å². The number of carboxylic acid groups (broad SMARTS) is 1. The Bertz CT molecular complexity index is 649. The summed E-state index contributed by atoms with van der Waals surface area (Å²) < 4.78 is 26.8. The van der Waals surface area contributed by atoms with Crippen LogP contribution in [0.4, 0.5) is 0 Å². The van der Waals surface area contributed by atoms with Crippen LogP contribution in [-0.2, 0) is 27.8 Å². The molecule has 1 aliphatic heterocycles. The second kappa shape index (κ2) is 5.42. The molecule has 0 amide bonds. The molecule has 6 heteroatoms. The summed E-state index contributed by atoms with van der Waals surface area (Å²) in [4.78, 5) is 11.5. The summed E-state index contributed by atoms with van der Waals surface area (Å²) >= 11 is 0. The molecule has 1 aliphatic carbocycles. The van der Waals surface area contributed by atoms with E-state index in [4.69, 9.17) is 0 Å². The Labute approximate surface area is 124 Å². The summed E-state index contributed by atoms with van der Waals surface area (Å²) in [5, 5.41) is 9.02. The Morgan fingerprint density at radius 3 is 2.38 bits per heavy atom. The van der Waals surface area contributed by atoms with Gasteiger partial charge in [0.15, 0.2) is 0 Å². The number of nitrogens with zero attached hydrogens (tertiary/aromatic N) is 1. The molecule has 1 saturated carbocycles. The first-order chi connectivity index (χ1) is 10.00. The lowest BCUT2D eigenvalue weighted by Gasteiger charge is -2.35. The molecule has 1 atom stereocenters. The van der Waals surface area contributed by atoms with Crippen molar-refractivity contribution in [2.24, 2.45) is 0 Å². The minimum Gasteiger partial charge on any atom is -0.480 e. The van der Waals surface area contributed by atoms with Crippen molar-refractivity contribution in [1.82, 2.24) is 4.31 Å². The molecule has 1 aromatic carbocycles. The highest BCUT2D eigenvalue weighted by molar-refractivity contribution is 7.89. The van der Waals surface area contributed by atoms with Crippen molar-refractivity contribution in [3.8, 4) is 0 Å². The number of carboxylic acids is 1. The second-order valence-electron chi connectivity index (χ2n) is 5.82. The Kier molecular flexibility index (Phi) is 3.75. The average Bonchev–Trinajstić information content (AvgIpc) is 3.00. The molecule has 1 fully saturated rings. The maximum absolute atomic E-state index is 12.8. The van der Waals surface area contributed by atoms with E-state index in [2.05, 4.69) is 0 Å². The van der Waals surface area contributed by atoms with Crippen molar-refractivity contribution < 1.29 is 18.3 Å². The monoisotopic (exact) mass is 309 g/mol. The van der Waals surface area contributed by atoms with E-state index in [1.165, 1.54) is 4.31 Å². The summed E-state index contributed by atoms with van der Waals surface area (Å²) in [6.07, 6.45) is 3.36. The molecule has 1 aromatic rings. The number of aliphatic carboxylic acids is 1. The molecule has 0 aromatic heterocycles. The lowest BCUT2D eigenvalue weighted by Crippen LogP contribution is -2.51. The number of hydrogen-bond donors (Lipinski definition) is 1. The Morgan fingerprint density at radius 2 is 1.76 bits per heavy atom. The van der Waals surface area contributed by atoms with E-state index in [-0.39, 0.29) is 13.0 Å². The normalized spacial score (nSPS) is 23.9. The quantitative estimate of drug-likeness (QED) is 0.923. The number of sulfonamides is 1. The third-order valence-corrected chi connectivity index (χ3v) is 6.89. The van der Waals surface area contributed by atoms with Gasteiger partial charge in [0, 0.05) is 13.0 Å². The third kappa shape index (κ3) is 2.58. The lowest BCUT2D eigenvalue weighted by molar-refractivity contribution is -0.141. The number of rotatable bonds is 3. The van der Waals surface area contributed by atoms with Crippen LogP contribution in [-0.4, -0.2) is 35.1 Å². The molecule has 21 heavy (non-hydrogen) atoms. The van der Waals surface area contributed by atoms with Crippen LogP contribution < -0.4 is 0 Å². The molecule has 0 spiro atoms. The van der Waals surface area contributed by atoms with Gasteiger partial charge in [-0.15, -0.1) is 0 Å². The molecular formula is C15H19NO4S. The molecule has 1 N–H and O–H groups in total. The Morgan fingerprint density at radius 1 is 1.14 bits per heavy atom. The van der Waals surface area contributed by atoms with Gasteiger partial charge in [0.1, 0.15) is 6.04 Å². The van der Waals surface area contributed by atoms with E-state index in [0.717, 1.165) is 24.0 Å². The van der Waals surface area contributed by atoms with E-state index in [1.54, 1.807) is 0 Å². The summed E-state index contributed by atoms with van der Waals surface area (Å²) in [6, 6.07) is 6.50. The van der Waals surface area contributed by atoms with Crippen LogP contribution in [0.15, 0.2) is 24.3 Å². The zero-order valence-electron chi connectivity index (χ0n) is 11.7. The maximum atomic E-state index is 12.8. The van der Waals surface area contributed by atoms with E-state index in [9.17, 15) is 18.3 Å².